The summed E-state index contributed by atoms with van der Waals surface area (Å²) in [5.41, 5.74) is 0.840. The van der Waals surface area contributed by atoms with Crippen LogP contribution in [0.3, 0.4) is 0 Å². The Morgan fingerprint density at radius 2 is 2.64 bits per heavy atom. The Hall–Kier alpha value is -0.940. The summed E-state index contributed by atoms with van der Waals surface area (Å²) in [7, 11) is 1.77. The molecule has 78 valence electrons. The fourth-order valence-corrected chi connectivity index (χ4v) is 1.72. The van der Waals surface area contributed by atoms with E-state index in [1.807, 2.05) is 0 Å². The monoisotopic (exact) mass is 197 g/mol. The molecular weight excluding hydrogens is 182 g/mol. The van der Waals surface area contributed by atoms with Crippen molar-refractivity contribution >= 4 is 0 Å². The molecule has 1 fully saturated rings. The molecule has 5 heteroatoms. The summed E-state index contributed by atoms with van der Waals surface area (Å²) in [6, 6.07) is 0. The Balaban J connectivity index is 1.90. The lowest BCUT2D eigenvalue weighted by atomic mass is 9.98. The summed E-state index contributed by atoms with van der Waals surface area (Å²) in [6.45, 7) is 1.43. The molecule has 1 aliphatic rings. The van der Waals surface area contributed by atoms with Crippen molar-refractivity contribution in [2.24, 2.45) is 13.0 Å². The molecule has 14 heavy (non-hydrogen) atoms. The van der Waals surface area contributed by atoms with Crippen molar-refractivity contribution in [1.29, 1.82) is 0 Å². The Kier molecular flexibility index (Phi) is 2.79. The molecule has 1 aliphatic heterocycles. The molecule has 1 N–H and O–H groups in total. The number of rotatable bonds is 3. The average Bonchev–Trinajstić information content (AvgIpc) is 2.75. The van der Waals surface area contributed by atoms with Crippen molar-refractivity contribution in [3.8, 4) is 0 Å². The Morgan fingerprint density at radius 1 is 1.79 bits per heavy atom. The standard InChI is InChI=1S/C9H15N3O2/c1-12-10-5-8(11-12)4-9(13)7-2-3-14-6-7/h5,7,9,13H,2-4,6H2,1H3. The molecule has 5 nitrogen and oxygen atoms in total. The smallest absolute Gasteiger partial charge is 0.0852 e. The van der Waals surface area contributed by atoms with E-state index < -0.39 is 0 Å². The number of nitrogens with zero attached hydrogens (tertiary/aromatic N) is 3. The predicted molar refractivity (Wildman–Crippen MR) is 49.6 cm³/mol. The van der Waals surface area contributed by atoms with E-state index in [9.17, 15) is 5.11 Å². The van der Waals surface area contributed by atoms with Gasteiger partial charge in [0.05, 0.1) is 24.6 Å². The van der Waals surface area contributed by atoms with Gasteiger partial charge in [-0.25, -0.2) is 0 Å². The van der Waals surface area contributed by atoms with Crippen molar-refractivity contribution in [2.45, 2.75) is 18.9 Å². The van der Waals surface area contributed by atoms with E-state index in [1.165, 1.54) is 4.80 Å². The van der Waals surface area contributed by atoms with Crippen LogP contribution in [0.4, 0.5) is 0 Å². The van der Waals surface area contributed by atoms with Gasteiger partial charge in [0.1, 0.15) is 0 Å². The molecule has 2 atom stereocenters. The summed E-state index contributed by atoms with van der Waals surface area (Å²) < 4.78 is 5.22. The molecular formula is C9H15N3O2. The Labute approximate surface area is 82.7 Å². The number of aliphatic hydroxyl groups excluding tert-OH is 1. The summed E-state index contributed by atoms with van der Waals surface area (Å²) in [4.78, 5) is 1.51. The second-order valence-corrected chi connectivity index (χ2v) is 3.72. The van der Waals surface area contributed by atoms with E-state index in [0.29, 0.717) is 13.0 Å². The Bertz CT molecular complexity index is 294. The summed E-state index contributed by atoms with van der Waals surface area (Å²) >= 11 is 0. The molecule has 0 amide bonds. The quantitative estimate of drug-likeness (QED) is 0.726. The summed E-state index contributed by atoms with van der Waals surface area (Å²) in [6.07, 6.45) is 2.86. The molecule has 2 unspecified atom stereocenters. The molecule has 0 saturated carbocycles. The van der Waals surface area contributed by atoms with Crippen molar-refractivity contribution in [1.82, 2.24) is 15.0 Å². The van der Waals surface area contributed by atoms with E-state index >= 15 is 0 Å². The van der Waals surface area contributed by atoms with E-state index in [4.69, 9.17) is 4.74 Å². The van der Waals surface area contributed by atoms with Crippen molar-refractivity contribution in [3.05, 3.63) is 11.9 Å². The first kappa shape index (κ1) is 9.61. The van der Waals surface area contributed by atoms with Gasteiger partial charge in [0.25, 0.3) is 0 Å². The van der Waals surface area contributed by atoms with Crippen LogP contribution in [-0.2, 0) is 18.2 Å². The molecule has 0 radical (unpaired) electrons. The van der Waals surface area contributed by atoms with Crippen LogP contribution in [0.2, 0.25) is 0 Å². The van der Waals surface area contributed by atoms with Gasteiger partial charge < -0.3 is 9.84 Å². The number of hydrogen-bond donors (Lipinski definition) is 1. The third kappa shape index (κ3) is 2.10. The molecule has 0 spiro atoms. The largest absolute Gasteiger partial charge is 0.392 e. The van der Waals surface area contributed by atoms with Gasteiger partial charge in [-0.15, -0.1) is 0 Å². The minimum Gasteiger partial charge on any atom is -0.392 e. The highest BCUT2D eigenvalue weighted by molar-refractivity contribution is 4.95. The fraction of sp³-hybridized carbons (Fsp3) is 0.778. The molecule has 2 heterocycles. The maximum atomic E-state index is 9.85. The minimum atomic E-state index is -0.353. The van der Waals surface area contributed by atoms with Crippen LogP contribution in [0.15, 0.2) is 6.20 Å². The normalized spacial score (nSPS) is 24.0. The van der Waals surface area contributed by atoms with Crippen molar-refractivity contribution < 1.29 is 9.84 Å². The SMILES string of the molecule is Cn1ncc(CC(O)C2CCOC2)n1. The third-order valence-corrected chi connectivity index (χ3v) is 2.57. The lowest BCUT2D eigenvalue weighted by molar-refractivity contribution is 0.0910. The maximum Gasteiger partial charge on any atom is 0.0852 e. The van der Waals surface area contributed by atoms with Gasteiger partial charge in [0.2, 0.25) is 0 Å². The van der Waals surface area contributed by atoms with E-state index in [0.717, 1.165) is 18.7 Å². The van der Waals surface area contributed by atoms with E-state index in [2.05, 4.69) is 10.2 Å². The molecule has 0 aliphatic carbocycles. The van der Waals surface area contributed by atoms with Crippen LogP contribution in [-0.4, -0.2) is 39.4 Å². The van der Waals surface area contributed by atoms with Crippen molar-refractivity contribution in [3.63, 3.8) is 0 Å². The van der Waals surface area contributed by atoms with E-state index in [1.54, 1.807) is 13.2 Å². The number of ether oxygens (including phenoxy) is 1. The van der Waals surface area contributed by atoms with E-state index in [-0.39, 0.29) is 12.0 Å². The summed E-state index contributed by atoms with van der Waals surface area (Å²) in [5.74, 6) is 0.261. The molecule has 1 aromatic rings. The van der Waals surface area contributed by atoms with Gasteiger partial charge >= 0.3 is 0 Å². The zero-order chi connectivity index (χ0) is 9.97. The van der Waals surface area contributed by atoms with Gasteiger partial charge in [-0.3, -0.25) is 0 Å². The van der Waals surface area contributed by atoms with Gasteiger partial charge in [0.15, 0.2) is 0 Å². The van der Waals surface area contributed by atoms with Crippen LogP contribution < -0.4 is 0 Å². The molecule has 0 bridgehead atoms. The van der Waals surface area contributed by atoms with Gasteiger partial charge in [0, 0.05) is 26.0 Å². The van der Waals surface area contributed by atoms with Crippen molar-refractivity contribution in [2.75, 3.05) is 13.2 Å². The molecule has 2 rings (SSSR count). The van der Waals surface area contributed by atoms with Gasteiger partial charge in [-0.05, 0) is 6.42 Å². The summed E-state index contributed by atoms with van der Waals surface area (Å²) in [5, 5.41) is 17.9. The lowest BCUT2D eigenvalue weighted by Gasteiger charge is -2.14. The second kappa shape index (κ2) is 4.06. The van der Waals surface area contributed by atoms with Crippen LogP contribution in [0.1, 0.15) is 12.1 Å². The van der Waals surface area contributed by atoms with Gasteiger partial charge in [-0.2, -0.15) is 15.0 Å². The molecule has 1 saturated heterocycles. The fourth-order valence-electron chi connectivity index (χ4n) is 1.72. The van der Waals surface area contributed by atoms with Crippen LogP contribution in [0, 0.1) is 5.92 Å². The highest BCUT2D eigenvalue weighted by atomic mass is 16.5. The van der Waals surface area contributed by atoms with Crippen LogP contribution >= 0.6 is 0 Å². The Morgan fingerprint density at radius 3 is 3.21 bits per heavy atom. The minimum absolute atomic E-state index is 0.261. The maximum absolute atomic E-state index is 9.85. The zero-order valence-corrected chi connectivity index (χ0v) is 8.26. The first-order chi connectivity index (χ1) is 6.75. The number of hydrogen-bond acceptors (Lipinski definition) is 4. The van der Waals surface area contributed by atoms with Crippen LogP contribution in [0.25, 0.3) is 0 Å². The zero-order valence-electron chi connectivity index (χ0n) is 8.26. The first-order valence-electron chi connectivity index (χ1n) is 4.86. The topological polar surface area (TPSA) is 60.2 Å². The highest BCUT2D eigenvalue weighted by Crippen LogP contribution is 2.18. The van der Waals surface area contributed by atoms with Gasteiger partial charge in [-0.1, -0.05) is 0 Å². The average molecular weight is 197 g/mol. The first-order valence-corrected chi connectivity index (χ1v) is 4.86. The lowest BCUT2D eigenvalue weighted by Crippen LogP contribution is -2.23. The predicted octanol–water partition coefficient (Wildman–Crippen LogP) is -0.245. The number of aryl methyl sites for hydroxylation is 1. The highest BCUT2D eigenvalue weighted by Gasteiger charge is 2.24. The number of aliphatic hydroxyl groups is 1. The number of aromatic nitrogens is 3. The molecule has 0 aromatic carbocycles. The van der Waals surface area contributed by atoms with Crippen LogP contribution in [0.5, 0.6) is 0 Å². The third-order valence-electron chi connectivity index (χ3n) is 2.57. The molecule has 1 aromatic heterocycles. The second-order valence-electron chi connectivity index (χ2n) is 3.72.